The summed E-state index contributed by atoms with van der Waals surface area (Å²) < 4.78 is 13.3. The smallest absolute Gasteiger partial charge is 0.227 e. The lowest BCUT2D eigenvalue weighted by molar-refractivity contribution is -0.122. The largest absolute Gasteiger partial charge is 0.355 e. The fraction of sp³-hybridized carbons (Fsp3) is 0.182. The van der Waals surface area contributed by atoms with E-state index in [1.54, 1.807) is 24.5 Å². The van der Waals surface area contributed by atoms with Crippen molar-refractivity contribution in [1.29, 1.82) is 0 Å². The number of carbonyl (C=O) groups excluding carboxylic acids is 1. The normalized spacial score (nSPS) is 11.8. The van der Waals surface area contributed by atoms with E-state index in [1.807, 2.05) is 36.4 Å². The van der Waals surface area contributed by atoms with Gasteiger partial charge in [-0.05, 0) is 59.9 Å². The summed E-state index contributed by atoms with van der Waals surface area (Å²) in [6.07, 6.45) is 4.66. The van der Waals surface area contributed by atoms with Gasteiger partial charge in [0.2, 0.25) is 5.91 Å². The van der Waals surface area contributed by atoms with Crippen molar-refractivity contribution in [3.8, 4) is 0 Å². The molecule has 0 saturated heterocycles. The van der Waals surface area contributed by atoms with Gasteiger partial charge in [0.1, 0.15) is 5.82 Å². The van der Waals surface area contributed by atoms with Crippen LogP contribution >= 0.6 is 11.6 Å². The molecule has 138 valence electrons. The highest BCUT2D eigenvalue weighted by atomic mass is 35.5. The number of hydrogen-bond acceptors (Lipinski definition) is 2. The molecular weight excluding hydrogens is 363 g/mol. The molecule has 0 radical (unpaired) electrons. The van der Waals surface area contributed by atoms with E-state index in [2.05, 4.69) is 10.3 Å². The average molecular weight is 383 g/mol. The predicted octanol–water partition coefficient (Wildman–Crippen LogP) is 4.56. The molecule has 3 nitrogen and oxygen atoms in total. The van der Waals surface area contributed by atoms with Gasteiger partial charge in [0, 0.05) is 24.0 Å². The van der Waals surface area contributed by atoms with E-state index >= 15 is 0 Å². The summed E-state index contributed by atoms with van der Waals surface area (Å²) in [5.41, 5.74) is 2.84. The molecule has 0 bridgehead atoms. The zero-order valence-corrected chi connectivity index (χ0v) is 15.5. The third-order valence-corrected chi connectivity index (χ3v) is 4.63. The molecule has 1 heterocycles. The first-order valence-electron chi connectivity index (χ1n) is 8.78. The Morgan fingerprint density at radius 3 is 2.44 bits per heavy atom. The van der Waals surface area contributed by atoms with Gasteiger partial charge in [0.25, 0.3) is 0 Å². The molecule has 0 aliphatic rings. The first-order valence-corrected chi connectivity index (χ1v) is 9.16. The Balaban J connectivity index is 1.68. The van der Waals surface area contributed by atoms with Gasteiger partial charge >= 0.3 is 0 Å². The third-order valence-electron chi connectivity index (χ3n) is 4.38. The van der Waals surface area contributed by atoms with Crippen molar-refractivity contribution in [2.75, 3.05) is 6.54 Å². The second-order valence-electron chi connectivity index (χ2n) is 6.34. The molecule has 1 amide bonds. The first-order chi connectivity index (χ1) is 13.1. The fourth-order valence-electron chi connectivity index (χ4n) is 2.92. The molecule has 1 N–H and O–H groups in total. The summed E-state index contributed by atoms with van der Waals surface area (Å²) in [5.74, 6) is -0.804. The summed E-state index contributed by atoms with van der Waals surface area (Å²) in [6.45, 7) is 0.519. The van der Waals surface area contributed by atoms with Gasteiger partial charge in [0.05, 0.1) is 5.92 Å². The molecule has 27 heavy (non-hydrogen) atoms. The summed E-state index contributed by atoms with van der Waals surface area (Å²) in [4.78, 5) is 16.9. The Bertz CT molecular complexity index is 867. The van der Waals surface area contributed by atoms with Crippen molar-refractivity contribution < 1.29 is 9.18 Å². The third kappa shape index (κ3) is 5.63. The zero-order chi connectivity index (χ0) is 19.1. The van der Waals surface area contributed by atoms with Crippen LogP contribution in [-0.2, 0) is 17.6 Å². The summed E-state index contributed by atoms with van der Waals surface area (Å²) in [7, 11) is 0. The number of carbonyl (C=O) groups is 1. The van der Waals surface area contributed by atoms with Crippen molar-refractivity contribution in [2.24, 2.45) is 0 Å². The maximum atomic E-state index is 13.3. The lowest BCUT2D eigenvalue weighted by Crippen LogP contribution is -2.32. The number of rotatable bonds is 7. The van der Waals surface area contributed by atoms with Gasteiger partial charge in [-0.2, -0.15) is 0 Å². The van der Waals surface area contributed by atoms with Gasteiger partial charge in [0.15, 0.2) is 0 Å². The summed E-state index contributed by atoms with van der Waals surface area (Å²) >= 11 is 5.89. The molecule has 2 aromatic carbocycles. The Labute approximate surface area is 163 Å². The molecule has 0 aliphatic carbocycles. The maximum Gasteiger partial charge on any atom is 0.227 e. The number of nitrogens with one attached hydrogen (secondary N) is 1. The number of amides is 1. The van der Waals surface area contributed by atoms with Crippen molar-refractivity contribution in [2.45, 2.75) is 18.8 Å². The minimum atomic E-state index is -0.403. The van der Waals surface area contributed by atoms with Gasteiger partial charge in [-0.15, -0.1) is 0 Å². The van der Waals surface area contributed by atoms with E-state index in [0.717, 1.165) is 16.7 Å². The molecule has 0 fully saturated rings. The van der Waals surface area contributed by atoms with E-state index < -0.39 is 5.92 Å². The Hall–Kier alpha value is -2.72. The second kappa shape index (κ2) is 9.28. The van der Waals surface area contributed by atoms with Gasteiger partial charge < -0.3 is 5.32 Å². The number of aromatic nitrogens is 1. The number of nitrogens with zero attached hydrogens (tertiary/aromatic N) is 1. The molecule has 0 saturated carbocycles. The molecule has 3 aromatic rings. The first kappa shape index (κ1) is 19.1. The molecule has 1 aromatic heterocycles. The van der Waals surface area contributed by atoms with E-state index in [1.165, 1.54) is 12.1 Å². The fourth-order valence-corrected chi connectivity index (χ4v) is 3.04. The molecule has 1 unspecified atom stereocenters. The van der Waals surface area contributed by atoms with E-state index in [9.17, 15) is 9.18 Å². The summed E-state index contributed by atoms with van der Waals surface area (Å²) in [5, 5.41) is 3.68. The number of hydrogen-bond donors (Lipinski definition) is 1. The average Bonchev–Trinajstić information content (AvgIpc) is 2.69. The lowest BCUT2D eigenvalue weighted by atomic mass is 9.91. The van der Waals surface area contributed by atoms with Crippen molar-refractivity contribution in [3.63, 3.8) is 0 Å². The molecule has 3 rings (SSSR count). The van der Waals surface area contributed by atoms with Crippen LogP contribution in [-0.4, -0.2) is 17.4 Å². The number of benzene rings is 2. The highest BCUT2D eigenvalue weighted by Gasteiger charge is 2.21. The molecular formula is C22H20ClFN2O. The van der Waals surface area contributed by atoms with Crippen LogP contribution < -0.4 is 5.32 Å². The Morgan fingerprint density at radius 1 is 1.04 bits per heavy atom. The van der Waals surface area contributed by atoms with Crippen molar-refractivity contribution >= 4 is 17.5 Å². The SMILES string of the molecule is O=C(NCCc1ccc(Cl)cc1)C(Cc1cccnc1)c1ccc(F)cc1. The van der Waals surface area contributed by atoms with Crippen LogP contribution in [0.5, 0.6) is 0 Å². The van der Waals surface area contributed by atoms with Crippen LogP contribution in [0.3, 0.4) is 0 Å². The van der Waals surface area contributed by atoms with Gasteiger partial charge in [-0.25, -0.2) is 4.39 Å². The van der Waals surface area contributed by atoms with Crippen LogP contribution in [0.2, 0.25) is 5.02 Å². The lowest BCUT2D eigenvalue weighted by Gasteiger charge is -2.17. The van der Waals surface area contributed by atoms with Crippen LogP contribution in [0.4, 0.5) is 4.39 Å². The van der Waals surface area contributed by atoms with Crippen LogP contribution in [0, 0.1) is 5.82 Å². The van der Waals surface area contributed by atoms with Crippen LogP contribution in [0.15, 0.2) is 73.1 Å². The molecule has 1 atom stereocenters. The van der Waals surface area contributed by atoms with E-state index in [-0.39, 0.29) is 11.7 Å². The van der Waals surface area contributed by atoms with Crippen molar-refractivity contribution in [3.05, 3.63) is 101 Å². The maximum absolute atomic E-state index is 13.3. The van der Waals surface area contributed by atoms with E-state index in [4.69, 9.17) is 11.6 Å². The number of halogens is 2. The highest BCUT2D eigenvalue weighted by molar-refractivity contribution is 6.30. The van der Waals surface area contributed by atoms with Crippen molar-refractivity contribution in [1.82, 2.24) is 10.3 Å². The van der Waals surface area contributed by atoms with Crippen LogP contribution in [0.25, 0.3) is 0 Å². The summed E-state index contributed by atoms with van der Waals surface area (Å²) in [6, 6.07) is 17.4. The highest BCUT2D eigenvalue weighted by Crippen LogP contribution is 2.21. The minimum absolute atomic E-state index is 0.0839. The predicted molar refractivity (Wildman–Crippen MR) is 105 cm³/mol. The Kier molecular flexibility index (Phi) is 6.55. The van der Waals surface area contributed by atoms with E-state index in [0.29, 0.717) is 24.4 Å². The second-order valence-corrected chi connectivity index (χ2v) is 6.77. The van der Waals surface area contributed by atoms with Crippen LogP contribution in [0.1, 0.15) is 22.6 Å². The monoisotopic (exact) mass is 382 g/mol. The minimum Gasteiger partial charge on any atom is -0.355 e. The quantitative estimate of drug-likeness (QED) is 0.650. The zero-order valence-electron chi connectivity index (χ0n) is 14.7. The molecule has 0 spiro atoms. The topological polar surface area (TPSA) is 42.0 Å². The standard InChI is InChI=1S/C22H20ClFN2O/c23-19-7-3-16(4-8-19)11-13-26-22(27)21(14-17-2-1-12-25-15-17)18-5-9-20(24)10-6-18/h1-10,12,15,21H,11,13-14H2,(H,26,27). The molecule has 5 heteroatoms. The number of pyridine rings is 1. The van der Waals surface area contributed by atoms with Gasteiger partial charge in [-0.3, -0.25) is 9.78 Å². The molecule has 0 aliphatic heterocycles. The Morgan fingerprint density at radius 2 is 1.78 bits per heavy atom. The van der Waals surface area contributed by atoms with Gasteiger partial charge in [-0.1, -0.05) is 41.9 Å².